The standard InChI is InChI=1S/C15H22FNO/c1-14(2)7-4-8-15(10-14,11-18)17-13-6-3-5-12(16)9-13/h3,5-6,9,17-18H,4,7-8,10-11H2,1-2H3. The van der Waals surface area contributed by atoms with Crippen LogP contribution in [0.3, 0.4) is 0 Å². The quantitative estimate of drug-likeness (QED) is 0.860. The lowest BCUT2D eigenvalue weighted by atomic mass is 9.68. The van der Waals surface area contributed by atoms with E-state index in [0.717, 1.165) is 24.9 Å². The molecule has 1 unspecified atom stereocenters. The highest BCUT2D eigenvalue weighted by Crippen LogP contribution is 2.42. The molecule has 1 atom stereocenters. The number of halogens is 1. The van der Waals surface area contributed by atoms with Crippen LogP contribution in [0, 0.1) is 11.2 Å². The molecular formula is C15H22FNO. The summed E-state index contributed by atoms with van der Waals surface area (Å²) in [7, 11) is 0. The molecule has 0 amide bonds. The Morgan fingerprint density at radius 2 is 2.11 bits per heavy atom. The summed E-state index contributed by atoms with van der Waals surface area (Å²) in [6.45, 7) is 4.54. The summed E-state index contributed by atoms with van der Waals surface area (Å²) < 4.78 is 13.2. The molecule has 3 heteroatoms. The van der Waals surface area contributed by atoms with Crippen molar-refractivity contribution >= 4 is 5.69 Å². The molecule has 0 spiro atoms. The van der Waals surface area contributed by atoms with Crippen LogP contribution in [0.2, 0.25) is 0 Å². The Balaban J connectivity index is 2.18. The number of aliphatic hydroxyl groups excluding tert-OH is 1. The summed E-state index contributed by atoms with van der Waals surface area (Å²) in [5.74, 6) is -0.247. The van der Waals surface area contributed by atoms with Crippen LogP contribution in [0.15, 0.2) is 24.3 Å². The van der Waals surface area contributed by atoms with Crippen LogP contribution < -0.4 is 5.32 Å². The smallest absolute Gasteiger partial charge is 0.125 e. The first-order valence-corrected chi connectivity index (χ1v) is 6.59. The number of hydrogen-bond donors (Lipinski definition) is 2. The van der Waals surface area contributed by atoms with Crippen LogP contribution in [-0.2, 0) is 0 Å². The normalized spacial score (nSPS) is 26.9. The van der Waals surface area contributed by atoms with Gasteiger partial charge in [-0.15, -0.1) is 0 Å². The van der Waals surface area contributed by atoms with Crippen molar-refractivity contribution in [1.82, 2.24) is 0 Å². The predicted octanol–water partition coefficient (Wildman–Crippen LogP) is 3.57. The Kier molecular flexibility index (Phi) is 3.62. The van der Waals surface area contributed by atoms with Gasteiger partial charge in [0.2, 0.25) is 0 Å². The van der Waals surface area contributed by atoms with Gasteiger partial charge in [-0.05, 0) is 42.9 Å². The first-order chi connectivity index (χ1) is 8.45. The van der Waals surface area contributed by atoms with Crippen molar-refractivity contribution in [3.05, 3.63) is 30.1 Å². The number of anilines is 1. The number of benzene rings is 1. The van der Waals surface area contributed by atoms with Gasteiger partial charge in [0, 0.05) is 5.69 Å². The Bertz CT molecular complexity index is 419. The topological polar surface area (TPSA) is 32.3 Å². The fraction of sp³-hybridized carbons (Fsp3) is 0.600. The number of nitrogens with one attached hydrogen (secondary N) is 1. The Hall–Kier alpha value is -1.09. The van der Waals surface area contributed by atoms with Gasteiger partial charge in [-0.1, -0.05) is 26.3 Å². The van der Waals surface area contributed by atoms with Gasteiger partial charge in [-0.2, -0.15) is 0 Å². The van der Waals surface area contributed by atoms with Crippen molar-refractivity contribution in [2.45, 2.75) is 45.1 Å². The number of aliphatic hydroxyl groups is 1. The zero-order valence-corrected chi connectivity index (χ0v) is 11.2. The number of rotatable bonds is 3. The SMILES string of the molecule is CC1(C)CCCC(CO)(Nc2cccc(F)c2)C1. The van der Waals surface area contributed by atoms with Crippen LogP contribution in [-0.4, -0.2) is 17.3 Å². The lowest BCUT2D eigenvalue weighted by molar-refractivity contribution is 0.105. The highest BCUT2D eigenvalue weighted by Gasteiger charge is 2.39. The summed E-state index contributed by atoms with van der Waals surface area (Å²) in [5, 5.41) is 13.1. The van der Waals surface area contributed by atoms with Crippen LogP contribution in [0.1, 0.15) is 39.5 Å². The van der Waals surface area contributed by atoms with Gasteiger partial charge in [-0.3, -0.25) is 0 Å². The second-order valence-corrected chi connectivity index (χ2v) is 6.27. The molecule has 1 fully saturated rings. The molecule has 0 bridgehead atoms. The average molecular weight is 251 g/mol. The molecule has 1 aromatic carbocycles. The molecule has 2 rings (SSSR count). The summed E-state index contributed by atoms with van der Waals surface area (Å²) in [4.78, 5) is 0. The van der Waals surface area contributed by atoms with E-state index in [1.54, 1.807) is 6.07 Å². The molecule has 0 aliphatic heterocycles. The minimum Gasteiger partial charge on any atom is -0.394 e. The van der Waals surface area contributed by atoms with Crippen molar-refractivity contribution in [3.8, 4) is 0 Å². The first-order valence-electron chi connectivity index (χ1n) is 6.59. The lowest BCUT2D eigenvalue weighted by Crippen LogP contribution is -2.48. The molecule has 100 valence electrons. The van der Waals surface area contributed by atoms with E-state index in [4.69, 9.17) is 0 Å². The summed E-state index contributed by atoms with van der Waals surface area (Å²) in [6, 6.07) is 6.46. The minimum atomic E-state index is -0.310. The maximum Gasteiger partial charge on any atom is 0.125 e. The minimum absolute atomic E-state index is 0.0902. The van der Waals surface area contributed by atoms with E-state index in [0.29, 0.717) is 0 Å². The van der Waals surface area contributed by atoms with Gasteiger partial charge >= 0.3 is 0 Å². The molecule has 0 radical (unpaired) electrons. The molecule has 1 saturated carbocycles. The molecule has 1 aliphatic carbocycles. The molecule has 0 saturated heterocycles. The third-order valence-electron chi connectivity index (χ3n) is 3.86. The van der Waals surface area contributed by atoms with Crippen molar-refractivity contribution in [1.29, 1.82) is 0 Å². The van der Waals surface area contributed by atoms with Gasteiger partial charge in [0.15, 0.2) is 0 Å². The van der Waals surface area contributed by atoms with E-state index >= 15 is 0 Å². The van der Waals surface area contributed by atoms with Crippen LogP contribution in [0.4, 0.5) is 10.1 Å². The Morgan fingerprint density at radius 3 is 2.72 bits per heavy atom. The largest absolute Gasteiger partial charge is 0.394 e. The van der Waals surface area contributed by atoms with E-state index < -0.39 is 0 Å². The van der Waals surface area contributed by atoms with Gasteiger partial charge in [0.1, 0.15) is 5.82 Å². The second kappa shape index (κ2) is 4.88. The Morgan fingerprint density at radius 1 is 1.33 bits per heavy atom. The summed E-state index contributed by atoms with van der Waals surface area (Å²) in [6.07, 6.45) is 4.12. The zero-order chi connectivity index (χ0) is 13.2. The molecule has 2 N–H and O–H groups in total. The zero-order valence-electron chi connectivity index (χ0n) is 11.2. The van der Waals surface area contributed by atoms with Crippen molar-refractivity contribution in [2.24, 2.45) is 5.41 Å². The molecule has 18 heavy (non-hydrogen) atoms. The summed E-state index contributed by atoms with van der Waals surface area (Å²) >= 11 is 0. The monoisotopic (exact) mass is 251 g/mol. The third kappa shape index (κ3) is 3.02. The van der Waals surface area contributed by atoms with Gasteiger partial charge in [0.25, 0.3) is 0 Å². The molecule has 0 heterocycles. The fourth-order valence-electron chi connectivity index (χ4n) is 3.15. The van der Waals surface area contributed by atoms with Gasteiger partial charge in [0.05, 0.1) is 12.1 Å². The van der Waals surface area contributed by atoms with Gasteiger partial charge in [-0.25, -0.2) is 4.39 Å². The molecule has 2 nitrogen and oxygen atoms in total. The first kappa shape index (κ1) is 13.3. The molecule has 1 aromatic rings. The van der Waals surface area contributed by atoms with Crippen molar-refractivity contribution < 1.29 is 9.50 Å². The van der Waals surface area contributed by atoms with E-state index in [1.807, 2.05) is 6.07 Å². The highest BCUT2D eigenvalue weighted by atomic mass is 19.1. The number of hydrogen-bond acceptors (Lipinski definition) is 2. The van der Waals surface area contributed by atoms with Crippen LogP contribution >= 0.6 is 0 Å². The van der Waals surface area contributed by atoms with Gasteiger partial charge < -0.3 is 10.4 Å². The van der Waals surface area contributed by atoms with Crippen molar-refractivity contribution in [3.63, 3.8) is 0 Å². The Labute approximate surface area is 108 Å². The highest BCUT2D eigenvalue weighted by molar-refractivity contribution is 5.46. The maximum absolute atomic E-state index is 13.2. The molecular weight excluding hydrogens is 229 g/mol. The maximum atomic E-state index is 13.2. The second-order valence-electron chi connectivity index (χ2n) is 6.27. The van der Waals surface area contributed by atoms with Crippen LogP contribution in [0.25, 0.3) is 0 Å². The van der Waals surface area contributed by atoms with Crippen LogP contribution in [0.5, 0.6) is 0 Å². The van der Waals surface area contributed by atoms with E-state index in [-0.39, 0.29) is 23.4 Å². The fourth-order valence-corrected chi connectivity index (χ4v) is 3.15. The predicted molar refractivity (Wildman–Crippen MR) is 72.1 cm³/mol. The molecule has 1 aliphatic rings. The average Bonchev–Trinajstić information content (AvgIpc) is 2.27. The van der Waals surface area contributed by atoms with E-state index in [2.05, 4.69) is 19.2 Å². The molecule has 0 aromatic heterocycles. The van der Waals surface area contributed by atoms with E-state index in [1.165, 1.54) is 18.6 Å². The lowest BCUT2D eigenvalue weighted by Gasteiger charge is -2.45. The summed E-state index contributed by atoms with van der Waals surface area (Å²) in [5.41, 5.74) is 0.665. The van der Waals surface area contributed by atoms with E-state index in [9.17, 15) is 9.50 Å². The third-order valence-corrected chi connectivity index (χ3v) is 3.86. The van der Waals surface area contributed by atoms with Crippen molar-refractivity contribution in [2.75, 3.05) is 11.9 Å².